The molecule has 0 aliphatic rings. The molecule has 0 amide bonds. The molecular weight excluding hydrogens is 392 g/mol. The smallest absolute Gasteiger partial charge is 0.120 e. The van der Waals surface area contributed by atoms with Crippen molar-refractivity contribution in [2.24, 2.45) is 5.41 Å². The number of likely N-dealkylation sites (N-methyl/N-ethyl adjacent to an activating group) is 1. The molecule has 0 aliphatic heterocycles. The van der Waals surface area contributed by atoms with E-state index in [4.69, 9.17) is 4.74 Å². The molecule has 3 heteroatoms. The molecule has 3 nitrogen and oxygen atoms in total. The Labute approximate surface area is 193 Å². The van der Waals surface area contributed by atoms with Crippen molar-refractivity contribution in [1.29, 1.82) is 0 Å². The Morgan fingerprint density at radius 2 is 1.78 bits per heavy atom. The highest BCUT2D eigenvalue weighted by atomic mass is 16.5. The molecule has 0 atom stereocenters. The van der Waals surface area contributed by atoms with Gasteiger partial charge in [-0.05, 0) is 87.8 Å². The van der Waals surface area contributed by atoms with E-state index in [-0.39, 0.29) is 5.41 Å². The highest BCUT2D eigenvalue weighted by Crippen LogP contribution is 2.21. The number of benzene rings is 2. The Kier molecular flexibility index (Phi) is 7.98. The maximum absolute atomic E-state index is 6.15. The third-order valence-electron chi connectivity index (χ3n) is 5.11. The third kappa shape index (κ3) is 7.18. The lowest BCUT2D eigenvalue weighted by atomic mass is 9.98. The molecule has 166 valence electrons. The van der Waals surface area contributed by atoms with Crippen molar-refractivity contribution in [3.8, 4) is 23.3 Å². The average molecular weight is 427 g/mol. The summed E-state index contributed by atoms with van der Waals surface area (Å²) in [6.45, 7) is 10.8. The van der Waals surface area contributed by atoms with Gasteiger partial charge in [-0.2, -0.15) is 0 Å². The maximum Gasteiger partial charge on any atom is 0.120 e. The third-order valence-corrected chi connectivity index (χ3v) is 5.11. The summed E-state index contributed by atoms with van der Waals surface area (Å²) in [4.78, 5) is 2.26. The van der Waals surface area contributed by atoms with Crippen LogP contribution in [0.4, 0.5) is 0 Å². The monoisotopic (exact) mass is 426 g/mol. The second kappa shape index (κ2) is 10.9. The molecule has 0 fully saturated rings. The number of ether oxygens (including phenoxy) is 1. The van der Waals surface area contributed by atoms with Gasteiger partial charge in [0, 0.05) is 36.6 Å². The predicted molar refractivity (Wildman–Crippen MR) is 134 cm³/mol. The van der Waals surface area contributed by atoms with E-state index in [1.54, 1.807) is 0 Å². The normalized spacial score (nSPS) is 11.6. The van der Waals surface area contributed by atoms with E-state index >= 15 is 0 Å². The molecule has 1 heterocycles. The molecule has 0 aliphatic carbocycles. The zero-order chi connectivity index (χ0) is 23.0. The van der Waals surface area contributed by atoms with E-state index in [1.165, 1.54) is 22.4 Å². The van der Waals surface area contributed by atoms with Gasteiger partial charge in [-0.25, -0.2) is 0 Å². The lowest BCUT2D eigenvalue weighted by molar-refractivity contribution is 0.303. The summed E-state index contributed by atoms with van der Waals surface area (Å²) in [6.07, 6.45) is 8.20. The fourth-order valence-corrected chi connectivity index (χ4v) is 3.42. The van der Waals surface area contributed by atoms with Gasteiger partial charge in [0.1, 0.15) is 12.4 Å². The van der Waals surface area contributed by atoms with Crippen LogP contribution in [0.5, 0.6) is 5.75 Å². The Hall–Kier alpha value is -3.22. The number of nitrogens with zero attached hydrogens (tertiary/aromatic N) is 2. The Morgan fingerprint density at radius 1 is 1.03 bits per heavy atom. The molecule has 32 heavy (non-hydrogen) atoms. The zero-order valence-electron chi connectivity index (χ0n) is 19.9. The van der Waals surface area contributed by atoms with Crippen LogP contribution in [0.2, 0.25) is 0 Å². The molecule has 0 N–H and O–H groups in total. The Bertz CT molecular complexity index is 1090. The van der Waals surface area contributed by atoms with Crippen LogP contribution in [-0.2, 0) is 13.2 Å². The molecule has 2 aromatic carbocycles. The van der Waals surface area contributed by atoms with Gasteiger partial charge in [-0.1, -0.05) is 42.2 Å². The second-order valence-corrected chi connectivity index (χ2v) is 9.21. The van der Waals surface area contributed by atoms with Crippen LogP contribution in [0, 0.1) is 24.2 Å². The first-order valence-corrected chi connectivity index (χ1v) is 11.1. The van der Waals surface area contributed by atoms with Crippen molar-refractivity contribution < 1.29 is 4.74 Å². The first kappa shape index (κ1) is 23.4. The van der Waals surface area contributed by atoms with E-state index in [1.807, 2.05) is 24.3 Å². The van der Waals surface area contributed by atoms with Gasteiger partial charge in [-0.15, -0.1) is 0 Å². The molecule has 0 unspecified atom stereocenters. The fourth-order valence-electron chi connectivity index (χ4n) is 3.42. The van der Waals surface area contributed by atoms with E-state index in [9.17, 15) is 0 Å². The van der Waals surface area contributed by atoms with Crippen LogP contribution in [-0.4, -0.2) is 23.1 Å². The van der Waals surface area contributed by atoms with Crippen molar-refractivity contribution in [2.45, 2.75) is 40.8 Å². The molecule has 0 saturated heterocycles. The SMILES string of the molecule is Cc1c(COc2cccc(CN(C)CC=CC#CC(C)(C)C)c2)cccc1-n1cccc1. The average Bonchev–Trinajstić information content (AvgIpc) is 3.27. The van der Waals surface area contributed by atoms with Crippen molar-refractivity contribution in [3.05, 3.63) is 95.8 Å². The van der Waals surface area contributed by atoms with Crippen LogP contribution >= 0.6 is 0 Å². The van der Waals surface area contributed by atoms with Gasteiger partial charge in [-0.3, -0.25) is 4.90 Å². The second-order valence-electron chi connectivity index (χ2n) is 9.21. The van der Waals surface area contributed by atoms with Crippen molar-refractivity contribution in [3.63, 3.8) is 0 Å². The van der Waals surface area contributed by atoms with Crippen LogP contribution in [0.1, 0.15) is 37.5 Å². The van der Waals surface area contributed by atoms with E-state index in [2.05, 4.69) is 111 Å². The quantitative estimate of drug-likeness (QED) is 0.388. The van der Waals surface area contributed by atoms with Crippen molar-refractivity contribution in [2.75, 3.05) is 13.6 Å². The largest absolute Gasteiger partial charge is 0.489 e. The minimum absolute atomic E-state index is 0.0405. The molecular formula is C29H34N2O. The lowest BCUT2D eigenvalue weighted by Gasteiger charge is -2.16. The molecule has 3 rings (SSSR count). The van der Waals surface area contributed by atoms with Crippen LogP contribution in [0.15, 0.2) is 79.1 Å². The summed E-state index contributed by atoms with van der Waals surface area (Å²) >= 11 is 0. The van der Waals surface area contributed by atoms with Crippen LogP contribution in [0.25, 0.3) is 5.69 Å². The number of rotatable bonds is 8. The van der Waals surface area contributed by atoms with Gasteiger partial charge in [0.2, 0.25) is 0 Å². The van der Waals surface area contributed by atoms with Gasteiger partial charge in [0.25, 0.3) is 0 Å². The highest BCUT2D eigenvalue weighted by molar-refractivity contribution is 5.45. The summed E-state index contributed by atoms with van der Waals surface area (Å²) < 4.78 is 8.29. The van der Waals surface area contributed by atoms with Crippen molar-refractivity contribution >= 4 is 0 Å². The molecule has 0 spiro atoms. The summed E-state index contributed by atoms with van der Waals surface area (Å²) in [6, 6.07) is 18.8. The number of aromatic nitrogens is 1. The Morgan fingerprint density at radius 3 is 2.53 bits per heavy atom. The summed E-state index contributed by atoms with van der Waals surface area (Å²) in [5.41, 5.74) is 4.89. The van der Waals surface area contributed by atoms with Crippen LogP contribution < -0.4 is 4.74 Å². The highest BCUT2D eigenvalue weighted by Gasteiger charge is 2.07. The summed E-state index contributed by atoms with van der Waals surface area (Å²) in [5, 5.41) is 0. The van der Waals surface area contributed by atoms with Crippen LogP contribution in [0.3, 0.4) is 0 Å². The predicted octanol–water partition coefficient (Wildman–Crippen LogP) is 6.40. The number of hydrogen-bond acceptors (Lipinski definition) is 2. The first-order chi connectivity index (χ1) is 15.3. The fraction of sp³-hybridized carbons (Fsp3) is 0.310. The standard InChI is InChI=1S/C29H34N2O/c1-24-26(14-12-16-28(24)31-19-9-10-20-31)23-32-27-15-11-13-25(21-27)22-30(5)18-8-6-7-17-29(2,3)4/h6,8-16,19-21H,18,22-23H2,1-5H3. The van der Waals surface area contributed by atoms with Gasteiger partial charge in [0.15, 0.2) is 0 Å². The topological polar surface area (TPSA) is 17.4 Å². The van der Waals surface area contributed by atoms with Gasteiger partial charge >= 0.3 is 0 Å². The van der Waals surface area contributed by atoms with E-state index in [0.29, 0.717) is 6.61 Å². The maximum atomic E-state index is 6.15. The van der Waals surface area contributed by atoms with Gasteiger partial charge < -0.3 is 9.30 Å². The molecule has 0 radical (unpaired) electrons. The van der Waals surface area contributed by atoms with E-state index < -0.39 is 0 Å². The molecule has 0 saturated carbocycles. The first-order valence-electron chi connectivity index (χ1n) is 11.1. The minimum atomic E-state index is 0.0405. The number of allylic oxidation sites excluding steroid dienone is 1. The summed E-state index contributed by atoms with van der Waals surface area (Å²) in [5.74, 6) is 7.24. The summed E-state index contributed by atoms with van der Waals surface area (Å²) in [7, 11) is 2.12. The zero-order valence-corrected chi connectivity index (χ0v) is 19.9. The van der Waals surface area contributed by atoms with Crippen molar-refractivity contribution in [1.82, 2.24) is 9.47 Å². The molecule has 3 aromatic rings. The van der Waals surface area contributed by atoms with E-state index in [0.717, 1.165) is 18.8 Å². The van der Waals surface area contributed by atoms with Gasteiger partial charge in [0.05, 0.1) is 0 Å². The minimum Gasteiger partial charge on any atom is -0.489 e. The lowest BCUT2D eigenvalue weighted by Crippen LogP contribution is -2.17. The molecule has 0 bridgehead atoms. The molecule has 1 aromatic heterocycles. The Balaban J connectivity index is 1.57. The number of hydrogen-bond donors (Lipinski definition) is 0.